The van der Waals surface area contributed by atoms with Gasteiger partial charge in [-0.1, -0.05) is 0 Å². The van der Waals surface area contributed by atoms with Gasteiger partial charge in [0.05, 0.1) is 22.8 Å². The first-order valence-electron chi connectivity index (χ1n) is 11.4. The van der Waals surface area contributed by atoms with E-state index in [1.807, 2.05) is 36.4 Å². The lowest BCUT2D eigenvalue weighted by Crippen LogP contribution is -1.98. The van der Waals surface area contributed by atoms with Gasteiger partial charge >= 0.3 is 0 Å². The highest BCUT2D eigenvalue weighted by Gasteiger charge is 2.13. The summed E-state index contributed by atoms with van der Waals surface area (Å²) < 4.78 is 0. The van der Waals surface area contributed by atoms with Crippen LogP contribution in [-0.4, -0.2) is 19.9 Å². The number of nitrogen functional groups attached to an aromatic ring is 1. The van der Waals surface area contributed by atoms with Gasteiger partial charge in [0.2, 0.25) is 0 Å². The average Bonchev–Trinajstić information content (AvgIpc) is 3.60. The number of hydrogen-bond acceptors (Lipinski definition) is 3. The van der Waals surface area contributed by atoms with E-state index in [1.54, 1.807) is 0 Å². The molecule has 0 amide bonds. The third-order valence-corrected chi connectivity index (χ3v) is 6.61. The molecule has 5 heteroatoms. The van der Waals surface area contributed by atoms with Crippen LogP contribution in [0.25, 0.3) is 57.5 Å². The lowest BCUT2D eigenvalue weighted by molar-refractivity contribution is 1.28. The van der Waals surface area contributed by atoms with E-state index in [0.29, 0.717) is 0 Å². The number of aromatic amines is 2. The van der Waals surface area contributed by atoms with Crippen LogP contribution in [-0.2, 0) is 0 Å². The zero-order chi connectivity index (χ0) is 23.4. The zero-order valence-electron chi connectivity index (χ0n) is 19.4. The van der Waals surface area contributed by atoms with Crippen LogP contribution in [0.1, 0.15) is 39.5 Å². The smallest absolute Gasteiger partial charge is 0.0659 e. The van der Waals surface area contributed by atoms with E-state index in [-0.39, 0.29) is 0 Å². The number of nitrogens with zero attached hydrogens (tertiary/aromatic N) is 2. The Balaban J connectivity index is 1.69. The summed E-state index contributed by atoms with van der Waals surface area (Å²) >= 11 is 0. The van der Waals surface area contributed by atoms with Crippen LogP contribution in [0, 0.1) is 20.8 Å². The van der Waals surface area contributed by atoms with E-state index in [1.165, 1.54) is 11.1 Å². The van der Waals surface area contributed by atoms with Crippen molar-refractivity contribution in [1.82, 2.24) is 19.9 Å². The van der Waals surface area contributed by atoms with Gasteiger partial charge in [-0.2, -0.15) is 0 Å². The maximum atomic E-state index is 6.32. The Morgan fingerprint density at radius 2 is 1.21 bits per heavy atom. The Morgan fingerprint density at radius 3 is 1.91 bits per heavy atom. The standard InChI is InChI=1S/C29H25N5/c1-16-10-26(17(2)18(3)29(16)30)27-14-25-13-23-7-6-21(32-23)11-19-4-5-20(31-19)12-22-8-9-24(33-22)15-28(27)34-25/h4-15,32,34H,30H2,1-3H3. The molecule has 0 unspecified atom stereocenters. The molecule has 0 aliphatic carbocycles. The minimum absolute atomic E-state index is 0.858. The zero-order valence-corrected chi connectivity index (χ0v) is 19.4. The van der Waals surface area contributed by atoms with E-state index in [0.717, 1.165) is 67.2 Å². The molecule has 0 saturated carbocycles. The van der Waals surface area contributed by atoms with Crippen molar-refractivity contribution in [2.24, 2.45) is 0 Å². The van der Waals surface area contributed by atoms with Crippen LogP contribution < -0.4 is 5.73 Å². The Kier molecular flexibility index (Phi) is 4.52. The van der Waals surface area contributed by atoms with Gasteiger partial charge in [-0.05, 0) is 116 Å². The highest BCUT2D eigenvalue weighted by Crippen LogP contribution is 2.35. The van der Waals surface area contributed by atoms with Crippen molar-refractivity contribution >= 4 is 52.1 Å². The predicted molar refractivity (Wildman–Crippen MR) is 143 cm³/mol. The van der Waals surface area contributed by atoms with Gasteiger partial charge in [-0.15, -0.1) is 0 Å². The summed E-state index contributed by atoms with van der Waals surface area (Å²) in [7, 11) is 0. The molecule has 0 fully saturated rings. The van der Waals surface area contributed by atoms with Crippen molar-refractivity contribution < 1.29 is 0 Å². The number of hydrogen-bond donors (Lipinski definition) is 3. The van der Waals surface area contributed by atoms with Crippen molar-refractivity contribution in [1.29, 1.82) is 0 Å². The van der Waals surface area contributed by atoms with Crippen LogP contribution in [0.5, 0.6) is 0 Å². The molecule has 0 spiro atoms. The van der Waals surface area contributed by atoms with Crippen LogP contribution in [0.15, 0.2) is 48.5 Å². The lowest BCUT2D eigenvalue weighted by Gasteiger charge is -2.13. The van der Waals surface area contributed by atoms with E-state index >= 15 is 0 Å². The number of fused-ring (bicyclic) bond motifs is 8. The normalized spacial score (nSPS) is 12.4. The monoisotopic (exact) mass is 443 g/mol. The number of aryl methyl sites for hydroxylation is 1. The molecule has 4 aromatic rings. The van der Waals surface area contributed by atoms with Gasteiger partial charge in [0, 0.05) is 33.3 Å². The fourth-order valence-electron chi connectivity index (χ4n) is 4.62. The molecular weight excluding hydrogens is 418 g/mol. The van der Waals surface area contributed by atoms with Gasteiger partial charge in [0.1, 0.15) is 0 Å². The molecule has 34 heavy (non-hydrogen) atoms. The molecule has 3 aromatic heterocycles. The Labute approximate surface area is 197 Å². The molecule has 6 rings (SSSR count). The molecule has 0 saturated heterocycles. The van der Waals surface area contributed by atoms with Gasteiger partial charge in [0.15, 0.2) is 0 Å². The predicted octanol–water partition coefficient (Wildman–Crippen LogP) is 6.83. The quantitative estimate of drug-likeness (QED) is 0.244. The molecular formula is C29H25N5. The van der Waals surface area contributed by atoms with Crippen molar-refractivity contribution in [3.8, 4) is 11.1 Å². The first-order chi connectivity index (χ1) is 16.4. The third-order valence-electron chi connectivity index (χ3n) is 6.61. The Morgan fingerprint density at radius 1 is 0.588 bits per heavy atom. The van der Waals surface area contributed by atoms with E-state index in [2.05, 4.69) is 67.1 Å². The highest BCUT2D eigenvalue weighted by atomic mass is 14.8. The number of nitrogens with one attached hydrogen (secondary N) is 2. The second-order valence-corrected chi connectivity index (χ2v) is 8.99. The molecule has 8 bridgehead atoms. The Bertz CT molecular complexity index is 1700. The molecule has 2 aliphatic heterocycles. The molecule has 2 aliphatic rings. The summed E-state index contributed by atoms with van der Waals surface area (Å²) in [6.07, 6.45) is 8.10. The SMILES string of the molecule is Cc1cc(-c2cc3cc4ccc(cc5nc(cc6nc(cc2[nH]3)C=C6)C=C5)[nH]4)c(C)c(C)c1N. The number of rotatable bonds is 1. The summed E-state index contributed by atoms with van der Waals surface area (Å²) in [5.41, 5.74) is 20.5. The Hall–Kier alpha value is -4.38. The number of aromatic nitrogens is 4. The summed E-state index contributed by atoms with van der Waals surface area (Å²) in [4.78, 5) is 16.6. The number of anilines is 1. The fourth-order valence-corrected chi connectivity index (χ4v) is 4.62. The second kappa shape index (κ2) is 7.59. The van der Waals surface area contributed by atoms with E-state index < -0.39 is 0 Å². The van der Waals surface area contributed by atoms with Crippen molar-refractivity contribution in [2.45, 2.75) is 20.8 Å². The first-order valence-corrected chi connectivity index (χ1v) is 11.4. The van der Waals surface area contributed by atoms with Gasteiger partial charge in [0.25, 0.3) is 0 Å². The largest absolute Gasteiger partial charge is 0.398 e. The summed E-state index contributed by atoms with van der Waals surface area (Å²) in [5, 5.41) is 0. The second-order valence-electron chi connectivity index (χ2n) is 8.99. The molecule has 166 valence electrons. The third kappa shape index (κ3) is 3.52. The molecule has 0 radical (unpaired) electrons. The van der Waals surface area contributed by atoms with Gasteiger partial charge in [-0.3, -0.25) is 0 Å². The van der Waals surface area contributed by atoms with Gasteiger partial charge in [-0.25, -0.2) is 9.97 Å². The van der Waals surface area contributed by atoms with E-state index in [9.17, 15) is 0 Å². The molecule has 0 atom stereocenters. The maximum Gasteiger partial charge on any atom is 0.0659 e. The van der Waals surface area contributed by atoms with Crippen LogP contribution in [0.2, 0.25) is 0 Å². The molecule has 4 N–H and O–H groups in total. The summed E-state index contributed by atoms with van der Waals surface area (Å²) in [5.74, 6) is 0. The maximum absolute atomic E-state index is 6.32. The summed E-state index contributed by atoms with van der Waals surface area (Å²) in [6, 6.07) is 16.8. The topological polar surface area (TPSA) is 83.4 Å². The minimum atomic E-state index is 0.858. The average molecular weight is 444 g/mol. The van der Waals surface area contributed by atoms with Crippen LogP contribution >= 0.6 is 0 Å². The fraction of sp³-hybridized carbons (Fsp3) is 0.103. The summed E-state index contributed by atoms with van der Waals surface area (Å²) in [6.45, 7) is 6.29. The van der Waals surface area contributed by atoms with Gasteiger partial charge < -0.3 is 15.7 Å². The number of nitrogens with two attached hydrogens (primary N) is 1. The number of benzene rings is 1. The van der Waals surface area contributed by atoms with Crippen molar-refractivity contribution in [2.75, 3.05) is 5.73 Å². The van der Waals surface area contributed by atoms with E-state index in [4.69, 9.17) is 15.7 Å². The molecule has 1 aromatic carbocycles. The minimum Gasteiger partial charge on any atom is -0.398 e. The van der Waals surface area contributed by atoms with Crippen molar-refractivity contribution in [3.63, 3.8) is 0 Å². The highest BCUT2D eigenvalue weighted by molar-refractivity contribution is 5.90. The van der Waals surface area contributed by atoms with Crippen LogP contribution in [0.3, 0.4) is 0 Å². The molecule has 5 heterocycles. The van der Waals surface area contributed by atoms with Crippen LogP contribution in [0.4, 0.5) is 5.69 Å². The first kappa shape index (κ1) is 20.2. The lowest BCUT2D eigenvalue weighted by atomic mass is 9.93. The number of H-pyrrole nitrogens is 2. The van der Waals surface area contributed by atoms with Crippen molar-refractivity contribution in [3.05, 3.63) is 88.0 Å². The molecule has 5 nitrogen and oxygen atoms in total.